The fraction of sp³-hybridized carbons (Fsp3) is 0.947. The lowest BCUT2D eigenvalue weighted by molar-refractivity contribution is -0.135. The van der Waals surface area contributed by atoms with E-state index in [1.165, 1.54) is 32.1 Å². The Morgan fingerprint density at radius 3 is 2.33 bits per heavy atom. The molecule has 24 heavy (non-hydrogen) atoms. The number of nitrogens with zero attached hydrogens (tertiary/aromatic N) is 2. The second-order valence-corrected chi connectivity index (χ2v) is 7.97. The summed E-state index contributed by atoms with van der Waals surface area (Å²) >= 11 is 0. The molecule has 0 radical (unpaired) electrons. The standard InChI is InChI=1S/C19H35N3O2/c23-17-7-15-21(16-8-17)12-6-11-20-18(24)19(9-2-1-3-10-19)22-13-4-5-14-22/h17,23H,1-16H2,(H,20,24). The van der Waals surface area contributed by atoms with E-state index >= 15 is 0 Å². The number of aliphatic hydroxyl groups is 1. The quantitative estimate of drug-likeness (QED) is 0.725. The van der Waals surface area contributed by atoms with Gasteiger partial charge in [-0.25, -0.2) is 0 Å². The van der Waals surface area contributed by atoms with E-state index in [-0.39, 0.29) is 17.6 Å². The van der Waals surface area contributed by atoms with Gasteiger partial charge in [0.2, 0.25) is 5.91 Å². The van der Waals surface area contributed by atoms with E-state index in [0.29, 0.717) is 0 Å². The van der Waals surface area contributed by atoms with Crippen LogP contribution in [0.25, 0.3) is 0 Å². The first-order valence-electron chi connectivity index (χ1n) is 10.1. The monoisotopic (exact) mass is 337 g/mol. The Morgan fingerprint density at radius 2 is 1.67 bits per heavy atom. The average molecular weight is 338 g/mol. The van der Waals surface area contributed by atoms with Gasteiger partial charge >= 0.3 is 0 Å². The molecule has 0 aromatic carbocycles. The van der Waals surface area contributed by atoms with Crippen molar-refractivity contribution in [1.82, 2.24) is 15.1 Å². The molecule has 0 aromatic rings. The number of hydrogen-bond donors (Lipinski definition) is 2. The molecule has 2 heterocycles. The first-order chi connectivity index (χ1) is 11.7. The maximum Gasteiger partial charge on any atom is 0.240 e. The number of amides is 1. The molecule has 0 aromatic heterocycles. The number of hydrogen-bond acceptors (Lipinski definition) is 4. The predicted molar refractivity (Wildman–Crippen MR) is 95.9 cm³/mol. The lowest BCUT2D eigenvalue weighted by Gasteiger charge is -2.43. The Bertz CT molecular complexity index is 395. The molecule has 0 bridgehead atoms. The molecule has 1 aliphatic carbocycles. The largest absolute Gasteiger partial charge is 0.393 e. The fourth-order valence-electron chi connectivity index (χ4n) is 4.78. The number of aliphatic hydroxyl groups excluding tert-OH is 1. The minimum Gasteiger partial charge on any atom is -0.393 e. The third-order valence-electron chi connectivity index (χ3n) is 6.31. The third kappa shape index (κ3) is 4.30. The van der Waals surface area contributed by atoms with E-state index in [2.05, 4.69) is 15.1 Å². The molecule has 5 nitrogen and oxygen atoms in total. The second kappa shape index (κ2) is 8.63. The maximum atomic E-state index is 13.0. The highest BCUT2D eigenvalue weighted by atomic mass is 16.3. The lowest BCUT2D eigenvalue weighted by Crippen LogP contribution is -2.59. The van der Waals surface area contributed by atoms with Gasteiger partial charge in [-0.15, -0.1) is 0 Å². The first-order valence-corrected chi connectivity index (χ1v) is 10.1. The van der Waals surface area contributed by atoms with E-state index in [9.17, 15) is 9.90 Å². The van der Waals surface area contributed by atoms with Crippen LogP contribution in [-0.2, 0) is 4.79 Å². The third-order valence-corrected chi connectivity index (χ3v) is 6.31. The summed E-state index contributed by atoms with van der Waals surface area (Å²) in [5.74, 6) is 0.290. The molecule has 3 rings (SSSR count). The molecule has 3 fully saturated rings. The van der Waals surface area contributed by atoms with Crippen LogP contribution in [0.1, 0.15) is 64.2 Å². The van der Waals surface area contributed by atoms with Crippen molar-refractivity contribution in [2.24, 2.45) is 0 Å². The van der Waals surface area contributed by atoms with E-state index in [1.54, 1.807) is 0 Å². The number of carbonyl (C=O) groups excluding carboxylic acids is 1. The number of piperidine rings is 1. The zero-order chi connectivity index (χ0) is 16.8. The summed E-state index contributed by atoms with van der Waals surface area (Å²) in [5, 5.41) is 12.8. The Balaban J connectivity index is 1.43. The Hall–Kier alpha value is -0.650. The SMILES string of the molecule is O=C(NCCCN1CCC(O)CC1)C1(N2CCCC2)CCCCC1. The number of carbonyl (C=O) groups is 1. The van der Waals surface area contributed by atoms with E-state index in [1.807, 2.05) is 0 Å². The van der Waals surface area contributed by atoms with Crippen molar-refractivity contribution in [3.63, 3.8) is 0 Å². The van der Waals surface area contributed by atoms with Gasteiger partial charge in [0, 0.05) is 19.6 Å². The van der Waals surface area contributed by atoms with E-state index in [0.717, 1.165) is 71.4 Å². The summed E-state index contributed by atoms with van der Waals surface area (Å²) < 4.78 is 0. The van der Waals surface area contributed by atoms with Gasteiger partial charge in [0.1, 0.15) is 5.54 Å². The highest BCUT2D eigenvalue weighted by molar-refractivity contribution is 5.86. The molecule has 1 amide bonds. The van der Waals surface area contributed by atoms with E-state index < -0.39 is 0 Å². The second-order valence-electron chi connectivity index (χ2n) is 7.97. The van der Waals surface area contributed by atoms with Gasteiger partial charge < -0.3 is 15.3 Å². The fourth-order valence-corrected chi connectivity index (χ4v) is 4.78. The Labute approximate surface area is 146 Å². The molecular formula is C19H35N3O2. The van der Waals surface area contributed by atoms with Gasteiger partial charge in [-0.1, -0.05) is 19.3 Å². The lowest BCUT2D eigenvalue weighted by atomic mass is 9.79. The molecule has 2 N–H and O–H groups in total. The van der Waals surface area contributed by atoms with Crippen molar-refractivity contribution >= 4 is 5.91 Å². The van der Waals surface area contributed by atoms with Gasteiger partial charge in [-0.05, 0) is 64.6 Å². The number of rotatable bonds is 6. The van der Waals surface area contributed by atoms with Crippen LogP contribution in [0.5, 0.6) is 0 Å². The maximum absolute atomic E-state index is 13.0. The summed E-state index contributed by atoms with van der Waals surface area (Å²) in [4.78, 5) is 17.9. The van der Waals surface area contributed by atoms with Crippen molar-refractivity contribution in [3.8, 4) is 0 Å². The van der Waals surface area contributed by atoms with Crippen LogP contribution in [0.4, 0.5) is 0 Å². The molecule has 0 unspecified atom stereocenters. The minimum absolute atomic E-state index is 0.104. The molecule has 0 atom stereocenters. The molecule has 2 aliphatic heterocycles. The number of likely N-dealkylation sites (tertiary alicyclic amines) is 2. The Kier molecular flexibility index (Phi) is 6.53. The van der Waals surface area contributed by atoms with Crippen molar-refractivity contribution in [3.05, 3.63) is 0 Å². The molecule has 3 aliphatic rings. The van der Waals surface area contributed by atoms with Crippen LogP contribution in [-0.4, -0.2) is 71.7 Å². The van der Waals surface area contributed by atoms with Crippen molar-refractivity contribution in [2.45, 2.75) is 75.9 Å². The van der Waals surface area contributed by atoms with Crippen LogP contribution in [0.3, 0.4) is 0 Å². The zero-order valence-electron chi connectivity index (χ0n) is 15.1. The molecule has 2 saturated heterocycles. The van der Waals surface area contributed by atoms with Crippen LogP contribution in [0, 0.1) is 0 Å². The van der Waals surface area contributed by atoms with Gasteiger partial charge in [-0.3, -0.25) is 9.69 Å². The smallest absolute Gasteiger partial charge is 0.240 e. The average Bonchev–Trinajstić information content (AvgIpc) is 3.16. The van der Waals surface area contributed by atoms with Crippen LogP contribution in [0.2, 0.25) is 0 Å². The van der Waals surface area contributed by atoms with Crippen LogP contribution in [0.15, 0.2) is 0 Å². The minimum atomic E-state index is -0.204. The zero-order valence-corrected chi connectivity index (χ0v) is 15.1. The van der Waals surface area contributed by atoms with Crippen molar-refractivity contribution in [2.75, 3.05) is 39.3 Å². The van der Waals surface area contributed by atoms with Crippen molar-refractivity contribution < 1.29 is 9.90 Å². The normalized spacial score (nSPS) is 26.5. The highest BCUT2D eigenvalue weighted by Crippen LogP contribution is 2.36. The Morgan fingerprint density at radius 1 is 1.00 bits per heavy atom. The molecule has 138 valence electrons. The number of nitrogens with one attached hydrogen (secondary N) is 1. The van der Waals surface area contributed by atoms with Crippen molar-refractivity contribution in [1.29, 1.82) is 0 Å². The first kappa shape index (κ1) is 18.2. The molecule has 1 saturated carbocycles. The van der Waals surface area contributed by atoms with Crippen LogP contribution < -0.4 is 5.32 Å². The van der Waals surface area contributed by atoms with Crippen LogP contribution >= 0.6 is 0 Å². The van der Waals surface area contributed by atoms with Gasteiger partial charge in [0.25, 0.3) is 0 Å². The molecule has 5 heteroatoms. The summed E-state index contributed by atoms with van der Waals surface area (Å²) in [5.41, 5.74) is -0.204. The summed E-state index contributed by atoms with van der Waals surface area (Å²) in [6.07, 6.45) is 10.9. The summed E-state index contributed by atoms with van der Waals surface area (Å²) in [7, 11) is 0. The van der Waals surface area contributed by atoms with Gasteiger partial charge in [-0.2, -0.15) is 0 Å². The topological polar surface area (TPSA) is 55.8 Å². The van der Waals surface area contributed by atoms with Gasteiger partial charge in [0.15, 0.2) is 0 Å². The summed E-state index contributed by atoms with van der Waals surface area (Å²) in [6, 6.07) is 0. The highest BCUT2D eigenvalue weighted by Gasteiger charge is 2.45. The van der Waals surface area contributed by atoms with Gasteiger partial charge in [0.05, 0.1) is 6.10 Å². The molecule has 0 spiro atoms. The van der Waals surface area contributed by atoms with E-state index in [4.69, 9.17) is 0 Å². The predicted octanol–water partition coefficient (Wildman–Crippen LogP) is 1.75. The molecular weight excluding hydrogens is 302 g/mol. The summed E-state index contributed by atoms with van der Waals surface area (Å²) in [6.45, 7) is 6.00.